The Hall–Kier alpha value is -14.8. The molecule has 118 heavy (non-hydrogen) atoms. The fourth-order valence-corrected chi connectivity index (χ4v) is 21.5. The minimum atomic E-state index is -0.243. The largest absolute Gasteiger partial charge is 0.309 e. The molecule has 24 aromatic rings. The molecule has 0 unspecified atom stereocenters. The van der Waals surface area contributed by atoms with E-state index >= 15 is 0 Å². The average molecular weight is 1500 g/mol. The predicted molar refractivity (Wildman–Crippen MR) is 501 cm³/mol. The van der Waals surface area contributed by atoms with Crippen LogP contribution in [0.5, 0.6) is 0 Å². The van der Waals surface area contributed by atoms with Crippen LogP contribution in [0.4, 0.5) is 0 Å². The van der Waals surface area contributed by atoms with E-state index in [-0.39, 0.29) is 10.8 Å². The molecule has 4 aromatic heterocycles. The minimum absolute atomic E-state index is 0.183. The van der Waals surface area contributed by atoms with Crippen LogP contribution in [-0.2, 0) is 10.8 Å². The molecule has 0 saturated heterocycles. The second-order valence-corrected chi connectivity index (χ2v) is 33.8. The molecule has 0 spiro atoms. The third-order valence-electron chi connectivity index (χ3n) is 26.9. The molecule has 4 heterocycles. The number of fused-ring (bicyclic) bond motifs is 31. The molecule has 4 nitrogen and oxygen atoms in total. The van der Waals surface area contributed by atoms with Gasteiger partial charge in [-0.05, 0) is 277 Å². The summed E-state index contributed by atoms with van der Waals surface area (Å²) in [6.45, 7) is 9.70. The first-order chi connectivity index (χ1) is 58.1. The van der Waals surface area contributed by atoms with Crippen molar-refractivity contribution in [2.75, 3.05) is 0 Å². The van der Waals surface area contributed by atoms with E-state index < -0.39 is 0 Å². The molecule has 0 radical (unpaired) electrons. The smallest absolute Gasteiger partial charge is 0.0588 e. The average Bonchev–Trinajstić information content (AvgIpc) is 1.54. The van der Waals surface area contributed by atoms with Crippen LogP contribution in [0.25, 0.3) is 219 Å². The monoisotopic (exact) mass is 1500 g/mol. The lowest BCUT2D eigenvalue weighted by molar-refractivity contribution is 0.662. The van der Waals surface area contributed by atoms with E-state index in [1.165, 1.54) is 241 Å². The molecule has 20 aromatic carbocycles. The van der Waals surface area contributed by atoms with E-state index in [0.717, 1.165) is 0 Å². The molecular formula is C114H76N4. The maximum atomic E-state index is 2.53. The van der Waals surface area contributed by atoms with Crippen molar-refractivity contribution in [1.29, 1.82) is 0 Å². The molecule has 2 aliphatic rings. The molecule has 552 valence electrons. The van der Waals surface area contributed by atoms with Crippen LogP contribution in [-0.4, -0.2) is 18.3 Å². The Labute approximate surface area is 681 Å². The Morgan fingerprint density at radius 3 is 0.822 bits per heavy atom. The Balaban J connectivity index is 0.000000131. The number of para-hydroxylation sites is 6. The summed E-state index contributed by atoms with van der Waals surface area (Å²) >= 11 is 0. The van der Waals surface area contributed by atoms with E-state index in [1.807, 2.05) is 0 Å². The SMILES string of the molecule is CC1(C)c2cc3c4ccccc4c4ccccc4c3cc2-c2cc3c4cc(-c5ccc6c(c5)c5ccccc5n6-c5ccccc5)ccc4n(-c4ccccc4)c3cc21.CC1(C)c2cc3c4ccccc4c4ccccc4c3cc2-c2ccc3c4cc(-c5ccc6c(c5)c5ccccc5n6-c5ccccc5)ccc4n(-c4ccccc4)c3c21. The lowest BCUT2D eigenvalue weighted by atomic mass is 9.80. The summed E-state index contributed by atoms with van der Waals surface area (Å²) in [6, 6.07) is 145. The summed E-state index contributed by atoms with van der Waals surface area (Å²) in [6.07, 6.45) is 0. The lowest BCUT2D eigenvalue weighted by Gasteiger charge is -2.24. The number of hydrogen-bond acceptors (Lipinski definition) is 0. The first kappa shape index (κ1) is 66.6. The summed E-state index contributed by atoms with van der Waals surface area (Å²) in [5, 5.41) is 25.9. The van der Waals surface area contributed by atoms with Gasteiger partial charge in [-0.15, -0.1) is 0 Å². The maximum Gasteiger partial charge on any atom is 0.0588 e. The highest BCUT2D eigenvalue weighted by atomic mass is 15.0. The lowest BCUT2D eigenvalue weighted by Crippen LogP contribution is -2.16. The zero-order chi connectivity index (χ0) is 78.0. The Morgan fingerprint density at radius 1 is 0.161 bits per heavy atom. The van der Waals surface area contributed by atoms with Crippen LogP contribution in [0.3, 0.4) is 0 Å². The predicted octanol–water partition coefficient (Wildman–Crippen LogP) is 30.6. The number of rotatable bonds is 6. The molecular weight excluding hydrogens is 1430 g/mol. The summed E-state index contributed by atoms with van der Waals surface area (Å²) in [5.41, 5.74) is 29.9. The zero-order valence-electron chi connectivity index (χ0n) is 65.7. The van der Waals surface area contributed by atoms with Gasteiger partial charge in [-0.1, -0.05) is 270 Å². The van der Waals surface area contributed by atoms with Gasteiger partial charge in [-0.2, -0.15) is 0 Å². The zero-order valence-corrected chi connectivity index (χ0v) is 65.7. The third-order valence-corrected chi connectivity index (χ3v) is 26.9. The standard InChI is InChI=1S/2C57H38N2/c1-57(2)51-34-47-42-22-12-10-20-40(42)39-19-9-11-21-41(39)46(47)33-48(51)44-27-28-45-50-32-36(26-30-54(50)59(56(45)55(44)57)38-17-7-4-8-18-38)35-25-29-53-49(31-35)43-23-13-14-24-52(43)58(53)37-15-5-3-6-16-37;1-57(2)51-33-45-42-22-12-10-20-40(42)39-19-9-11-21-41(39)44(45)31-46(51)47-32-50-49-30-36(26-28-55(49)59(56(50)34-52(47)57)38-17-7-4-8-18-38)35-25-27-54-48(29-35)43-23-13-14-24-53(43)58(54)37-15-5-3-6-16-37/h2*3-34H,1-2H3. The van der Waals surface area contributed by atoms with Crippen LogP contribution in [0, 0.1) is 0 Å². The van der Waals surface area contributed by atoms with Crippen LogP contribution in [0.15, 0.2) is 388 Å². The van der Waals surface area contributed by atoms with Gasteiger partial charge < -0.3 is 18.3 Å². The highest BCUT2D eigenvalue weighted by Crippen LogP contribution is 2.57. The van der Waals surface area contributed by atoms with E-state index in [2.05, 4.69) is 434 Å². The normalized spacial score (nSPS) is 13.4. The summed E-state index contributed by atoms with van der Waals surface area (Å²) in [7, 11) is 0. The fourth-order valence-electron chi connectivity index (χ4n) is 21.5. The quantitative estimate of drug-likeness (QED) is 0.148. The van der Waals surface area contributed by atoms with Gasteiger partial charge in [0.15, 0.2) is 0 Å². The van der Waals surface area contributed by atoms with Gasteiger partial charge in [0.1, 0.15) is 0 Å². The van der Waals surface area contributed by atoms with Crippen LogP contribution < -0.4 is 0 Å². The van der Waals surface area contributed by atoms with E-state index in [9.17, 15) is 0 Å². The second kappa shape index (κ2) is 24.8. The van der Waals surface area contributed by atoms with E-state index in [0.29, 0.717) is 0 Å². The van der Waals surface area contributed by atoms with Gasteiger partial charge in [0, 0.05) is 76.7 Å². The Kier molecular flexibility index (Phi) is 14.0. The van der Waals surface area contributed by atoms with Crippen molar-refractivity contribution in [3.63, 3.8) is 0 Å². The summed E-state index contributed by atoms with van der Waals surface area (Å²) in [4.78, 5) is 0. The molecule has 0 saturated carbocycles. The number of aromatic nitrogens is 4. The first-order valence-electron chi connectivity index (χ1n) is 41.4. The van der Waals surface area contributed by atoms with E-state index in [4.69, 9.17) is 0 Å². The second-order valence-electron chi connectivity index (χ2n) is 33.8. The fraction of sp³-hybridized carbons (Fsp3) is 0.0526. The number of nitrogens with zero attached hydrogens (tertiary/aromatic N) is 4. The first-order valence-corrected chi connectivity index (χ1v) is 41.4. The van der Waals surface area contributed by atoms with Gasteiger partial charge in [-0.3, -0.25) is 0 Å². The van der Waals surface area contributed by atoms with Gasteiger partial charge in [0.05, 0.1) is 44.1 Å². The molecule has 0 bridgehead atoms. The van der Waals surface area contributed by atoms with Crippen molar-refractivity contribution < 1.29 is 0 Å². The van der Waals surface area contributed by atoms with Crippen molar-refractivity contribution in [1.82, 2.24) is 18.3 Å². The summed E-state index contributed by atoms with van der Waals surface area (Å²) in [5.74, 6) is 0. The minimum Gasteiger partial charge on any atom is -0.309 e. The van der Waals surface area contributed by atoms with Crippen molar-refractivity contribution in [2.24, 2.45) is 0 Å². The van der Waals surface area contributed by atoms with Crippen molar-refractivity contribution in [3.05, 3.63) is 411 Å². The molecule has 0 N–H and O–H groups in total. The molecule has 26 rings (SSSR count). The van der Waals surface area contributed by atoms with E-state index in [1.54, 1.807) is 0 Å². The number of benzene rings is 20. The van der Waals surface area contributed by atoms with Crippen LogP contribution in [0.1, 0.15) is 49.9 Å². The third kappa shape index (κ3) is 9.42. The van der Waals surface area contributed by atoms with Crippen molar-refractivity contribution >= 4 is 152 Å². The summed E-state index contributed by atoms with van der Waals surface area (Å²) < 4.78 is 9.78. The van der Waals surface area contributed by atoms with Gasteiger partial charge in [-0.25, -0.2) is 0 Å². The van der Waals surface area contributed by atoms with Gasteiger partial charge >= 0.3 is 0 Å². The highest BCUT2D eigenvalue weighted by molar-refractivity contribution is 6.29. The van der Waals surface area contributed by atoms with Gasteiger partial charge in [0.2, 0.25) is 0 Å². The Morgan fingerprint density at radius 2 is 0.424 bits per heavy atom. The maximum absolute atomic E-state index is 2.53. The van der Waals surface area contributed by atoms with Crippen molar-refractivity contribution in [2.45, 2.75) is 38.5 Å². The Bertz CT molecular complexity index is 8460. The highest BCUT2D eigenvalue weighted by Gasteiger charge is 2.41. The van der Waals surface area contributed by atoms with Crippen LogP contribution >= 0.6 is 0 Å². The molecule has 0 atom stereocenters. The molecule has 0 amide bonds. The van der Waals surface area contributed by atoms with Crippen LogP contribution in [0.2, 0.25) is 0 Å². The molecule has 2 aliphatic carbocycles. The topological polar surface area (TPSA) is 19.7 Å². The van der Waals surface area contributed by atoms with Crippen molar-refractivity contribution in [3.8, 4) is 67.3 Å². The molecule has 4 heteroatoms. The molecule has 0 aliphatic heterocycles. The molecule has 0 fully saturated rings. The van der Waals surface area contributed by atoms with Gasteiger partial charge in [0.25, 0.3) is 0 Å². The number of hydrogen-bond donors (Lipinski definition) is 0.